The molecule has 494 valence electrons. The molecule has 3 amide bonds. The Kier molecular flexibility index (Phi) is 35.5. The van der Waals surface area contributed by atoms with Gasteiger partial charge in [0.05, 0.1) is 64.9 Å². The fraction of sp³-hybridized carbons (Fsp3) is 0.583. The van der Waals surface area contributed by atoms with Gasteiger partial charge in [-0.1, -0.05) is 13.3 Å². The second-order valence-corrected chi connectivity index (χ2v) is 20.0. The molecule has 7 rings (SSSR count). The number of carboxylic acid groups (broad SMARTS) is 1. The number of ketones is 5. The molecule has 0 unspecified atom stereocenters. The van der Waals surface area contributed by atoms with Crippen LogP contribution >= 0.6 is 12.4 Å². The van der Waals surface area contributed by atoms with Crippen LogP contribution < -0.4 is 10.6 Å². The number of carboxylic acids is 1. The average molecular weight is 1280 g/mol. The van der Waals surface area contributed by atoms with Gasteiger partial charge in [0.25, 0.3) is 17.5 Å². The van der Waals surface area contributed by atoms with E-state index in [2.05, 4.69) is 36.7 Å². The summed E-state index contributed by atoms with van der Waals surface area (Å²) in [5.41, 5.74) is 3.88. The molecule has 89 heavy (non-hydrogen) atoms. The van der Waals surface area contributed by atoms with Crippen molar-refractivity contribution < 1.29 is 105 Å². The van der Waals surface area contributed by atoms with E-state index in [1.54, 1.807) is 57.6 Å². The third kappa shape index (κ3) is 21.9. The Morgan fingerprint density at radius 3 is 1.39 bits per heavy atom. The predicted molar refractivity (Wildman–Crippen MR) is 319 cm³/mol. The number of esters is 6. The first-order chi connectivity index (χ1) is 41.1. The number of ether oxygens (including phenoxy) is 6. The molecule has 2 aromatic rings. The number of methoxy groups -OCH3 is 4. The van der Waals surface area contributed by atoms with E-state index < -0.39 is 88.9 Å². The van der Waals surface area contributed by atoms with E-state index in [1.165, 1.54) is 33.0 Å². The minimum Gasteiger partial charge on any atom is -0.480 e. The summed E-state index contributed by atoms with van der Waals surface area (Å²) in [4.78, 5) is 172. The highest BCUT2D eigenvalue weighted by atomic mass is 35.5. The van der Waals surface area contributed by atoms with Crippen LogP contribution in [0.2, 0.25) is 0 Å². The van der Waals surface area contributed by atoms with Crippen molar-refractivity contribution in [3.05, 3.63) is 45.0 Å². The Labute approximate surface area is 523 Å². The molecular formula is C60H85ClN6O22. The van der Waals surface area contributed by atoms with Gasteiger partial charge in [0.15, 0.2) is 5.78 Å². The Hall–Kier alpha value is -8.58. The first kappa shape index (κ1) is 80.4. The summed E-state index contributed by atoms with van der Waals surface area (Å²) in [6.45, 7) is 18.2. The molecule has 0 aromatic carbocycles. The maximum Gasteiger partial charge on any atom is 0.396 e. The lowest BCUT2D eigenvalue weighted by molar-refractivity contribution is -0.161. The normalized spacial score (nSPS) is 15.9. The second kappa shape index (κ2) is 39.3. The van der Waals surface area contributed by atoms with Gasteiger partial charge in [-0.05, 0) is 150 Å². The maximum atomic E-state index is 12.4. The second-order valence-electron chi connectivity index (χ2n) is 20.0. The fourth-order valence-electron chi connectivity index (χ4n) is 10.0. The molecule has 5 aliphatic heterocycles. The third-order valence-electron chi connectivity index (χ3n) is 13.9. The van der Waals surface area contributed by atoms with E-state index in [0.717, 1.165) is 69.2 Å². The molecule has 0 saturated carbocycles. The standard InChI is InChI=1S/C15H20N2O4.C14H17NO5.C9H13NO4.C8H11NO5.C7H8O3.C6H11NO.CH4.ClH/c1-8(2)16-14(19)13(18)11-9(3)12(15(20)21-4)17-7-5-6-10(11)17;1-4-20-14(18)12(16)10-8(2)11(13(17)19-3)15-7-5-6-9(10)15;1-6(11)7-4-3-5-10(7)8(12)9(13)14-2;1-14-8(13)6(10)9-4-2-3-5(9)7(11)12;1-3-5-6(8)7(9)10-4-2;1-5(8)6-3-2-4-7-6;;/h8H,5-7H2,1-4H3,(H,16,19);4-7H2,1-3H3;7H,3-5H2,1-2H3;5H,2-4H2,1H3,(H,11,12);4H2,1-2H3;6-7H,2-4H2,1H3;1H4;1H/t;;7-;5-;;6-;;/m..00.0../s1. The van der Waals surface area contributed by atoms with Crippen molar-refractivity contribution in [1.29, 1.82) is 0 Å². The summed E-state index contributed by atoms with van der Waals surface area (Å²) < 4.78 is 30.8. The van der Waals surface area contributed by atoms with Crippen LogP contribution in [0.3, 0.4) is 0 Å². The van der Waals surface area contributed by atoms with E-state index in [-0.39, 0.29) is 56.7 Å². The topological polar surface area (TPSA) is 372 Å². The zero-order valence-electron chi connectivity index (χ0n) is 52.0. The first-order valence-corrected chi connectivity index (χ1v) is 28.1. The van der Waals surface area contributed by atoms with Gasteiger partial charge < -0.3 is 63.1 Å². The Bertz CT molecular complexity index is 2960. The van der Waals surface area contributed by atoms with Crippen LogP contribution in [0, 0.1) is 25.7 Å². The summed E-state index contributed by atoms with van der Waals surface area (Å²) in [7, 11) is 4.85. The van der Waals surface area contributed by atoms with Crippen molar-refractivity contribution in [2.45, 2.75) is 171 Å². The van der Waals surface area contributed by atoms with Gasteiger partial charge >= 0.3 is 59.4 Å². The number of aromatic nitrogens is 2. The molecule has 0 bridgehead atoms. The molecule has 0 radical (unpaired) electrons. The monoisotopic (exact) mass is 1280 g/mol. The minimum atomic E-state index is -1.08. The number of carbonyl (C=O) groups excluding carboxylic acids is 14. The van der Waals surface area contributed by atoms with Crippen molar-refractivity contribution in [3.8, 4) is 11.8 Å². The van der Waals surface area contributed by atoms with Crippen LogP contribution in [-0.4, -0.2) is 198 Å². The molecule has 3 fully saturated rings. The molecule has 3 atom stereocenters. The zero-order chi connectivity index (χ0) is 66.0. The smallest absolute Gasteiger partial charge is 0.396 e. The molecule has 0 aliphatic carbocycles. The summed E-state index contributed by atoms with van der Waals surface area (Å²) >= 11 is 0. The molecule has 0 spiro atoms. The number of likely N-dealkylation sites (tertiary alicyclic amines) is 2. The molecular weight excluding hydrogens is 1190 g/mol. The van der Waals surface area contributed by atoms with Crippen LogP contribution in [-0.2, 0) is 107 Å². The van der Waals surface area contributed by atoms with Crippen LogP contribution in [0.5, 0.6) is 0 Å². The molecule has 29 heteroatoms. The Balaban J connectivity index is 0.00000107. The van der Waals surface area contributed by atoms with Gasteiger partial charge in [-0.15, -0.1) is 12.4 Å². The predicted octanol–water partition coefficient (Wildman–Crippen LogP) is 3.01. The van der Waals surface area contributed by atoms with Crippen LogP contribution in [0.4, 0.5) is 0 Å². The number of nitrogens with one attached hydrogen (secondary N) is 2. The lowest BCUT2D eigenvalue weighted by Gasteiger charge is -2.20. The third-order valence-corrected chi connectivity index (χ3v) is 13.9. The number of halogens is 1. The lowest BCUT2D eigenvalue weighted by Crippen LogP contribution is -2.44. The largest absolute Gasteiger partial charge is 0.480 e. The molecule has 7 heterocycles. The van der Waals surface area contributed by atoms with E-state index in [9.17, 15) is 71.9 Å². The summed E-state index contributed by atoms with van der Waals surface area (Å²) in [5, 5.41) is 14.4. The van der Waals surface area contributed by atoms with Crippen molar-refractivity contribution in [1.82, 2.24) is 29.6 Å². The van der Waals surface area contributed by atoms with E-state index in [0.29, 0.717) is 91.9 Å². The molecule has 28 nitrogen and oxygen atoms in total. The number of carbonyl (C=O) groups is 15. The number of Topliss-reactive ketones (excluding diaryl/α,β-unsaturated/α-hetero) is 5. The van der Waals surface area contributed by atoms with E-state index in [1.807, 2.05) is 0 Å². The van der Waals surface area contributed by atoms with Crippen LogP contribution in [0.15, 0.2) is 0 Å². The summed E-state index contributed by atoms with van der Waals surface area (Å²) in [6.07, 6.45) is 7.61. The van der Waals surface area contributed by atoms with Gasteiger partial charge in [-0.3, -0.25) is 38.4 Å². The number of amides is 3. The van der Waals surface area contributed by atoms with Crippen LogP contribution in [0.25, 0.3) is 0 Å². The summed E-state index contributed by atoms with van der Waals surface area (Å²) in [5.74, 6) is -5.45. The molecule has 3 saturated heterocycles. The first-order valence-electron chi connectivity index (χ1n) is 28.1. The van der Waals surface area contributed by atoms with Gasteiger partial charge in [-0.25, -0.2) is 33.6 Å². The van der Waals surface area contributed by atoms with Crippen molar-refractivity contribution in [3.63, 3.8) is 0 Å². The van der Waals surface area contributed by atoms with Gasteiger partial charge in [-0.2, -0.15) is 0 Å². The highest BCUT2D eigenvalue weighted by Gasteiger charge is 2.39. The number of hydrogen-bond acceptors (Lipinski definition) is 22. The highest BCUT2D eigenvalue weighted by molar-refractivity contribution is 6.44. The zero-order valence-corrected chi connectivity index (χ0v) is 52.9. The molecule has 3 N–H and O–H groups in total. The number of fused-ring (bicyclic) bond motifs is 2. The molecule has 2 aromatic heterocycles. The van der Waals surface area contributed by atoms with Crippen LogP contribution in [0.1, 0.15) is 171 Å². The van der Waals surface area contributed by atoms with E-state index in [4.69, 9.17) is 19.3 Å². The highest BCUT2D eigenvalue weighted by Crippen LogP contribution is 2.31. The average Bonchev–Trinajstić information content (AvgIpc) is 1.82. The quantitative estimate of drug-likeness (QED) is 0.0648. The Morgan fingerprint density at radius 1 is 0.596 bits per heavy atom. The van der Waals surface area contributed by atoms with Crippen molar-refractivity contribution in [2.75, 3.05) is 61.3 Å². The maximum absolute atomic E-state index is 12.4. The fourth-order valence-corrected chi connectivity index (χ4v) is 10.0. The van der Waals surface area contributed by atoms with Crippen molar-refractivity contribution in [2.24, 2.45) is 0 Å². The lowest BCUT2D eigenvalue weighted by atomic mass is 10.0. The van der Waals surface area contributed by atoms with Crippen molar-refractivity contribution >= 4 is 101 Å². The van der Waals surface area contributed by atoms with Gasteiger partial charge in [0.1, 0.15) is 23.2 Å². The minimum absolute atomic E-state index is 0. The number of nitrogens with zero attached hydrogens (tertiary/aromatic N) is 4. The number of hydrogen-bond donors (Lipinski definition) is 3. The number of aliphatic carboxylic acids is 1. The molecule has 5 aliphatic rings. The summed E-state index contributed by atoms with van der Waals surface area (Å²) in [6, 6.07) is -1.27. The van der Waals surface area contributed by atoms with Gasteiger partial charge in [0.2, 0.25) is 0 Å². The SMILES string of the molecule is C.CC#CC(=O)C(=O)OCC.CC(=O)[C@@H]1CCCN1.CCOC(=O)C(=O)c1c(C)c(C(=O)OC)n2c1CCC2.COC(=O)C(=O)N1CCC[C@H]1C(=O)O.COC(=O)C(=O)N1CCC[C@H]1C(C)=O.COC(=O)c1c(C)c(C(=O)C(=O)NC(C)C)c2n1CCC2.Cl. The Morgan fingerprint density at radius 2 is 1.03 bits per heavy atom. The van der Waals surface area contributed by atoms with Gasteiger partial charge in [0, 0.05) is 43.6 Å². The van der Waals surface area contributed by atoms with E-state index >= 15 is 0 Å². The number of rotatable bonds is 13.